The van der Waals surface area contributed by atoms with Crippen LogP contribution in [0.1, 0.15) is 19.3 Å². The first-order chi connectivity index (χ1) is 9.29. The smallest absolute Gasteiger partial charge is 0.317 e. The number of carboxylic acids is 1. The van der Waals surface area contributed by atoms with Crippen LogP contribution < -0.4 is 10.0 Å². The standard InChI is InChI=1S/C11H21N3O5S/c1-20(18,19)13-6-2-5-12-11(17)14-7-3-9(4-8-14)10(15)16/h9,13H,2-8H2,1H3,(H,12,17)(H,15,16). The molecule has 3 N–H and O–H groups in total. The highest BCUT2D eigenvalue weighted by molar-refractivity contribution is 7.88. The van der Waals surface area contributed by atoms with E-state index < -0.39 is 16.0 Å². The van der Waals surface area contributed by atoms with E-state index in [4.69, 9.17) is 5.11 Å². The van der Waals surface area contributed by atoms with Crippen molar-refractivity contribution < 1.29 is 23.1 Å². The van der Waals surface area contributed by atoms with Crippen LogP contribution in [0.5, 0.6) is 0 Å². The molecule has 9 heteroatoms. The molecule has 0 spiro atoms. The van der Waals surface area contributed by atoms with Crippen molar-refractivity contribution in [2.24, 2.45) is 5.92 Å². The van der Waals surface area contributed by atoms with Gasteiger partial charge >= 0.3 is 12.0 Å². The maximum Gasteiger partial charge on any atom is 0.317 e. The highest BCUT2D eigenvalue weighted by Crippen LogP contribution is 2.16. The van der Waals surface area contributed by atoms with Crippen LogP contribution in [0.2, 0.25) is 0 Å². The maximum absolute atomic E-state index is 11.8. The van der Waals surface area contributed by atoms with E-state index >= 15 is 0 Å². The molecule has 0 saturated carbocycles. The van der Waals surface area contributed by atoms with Gasteiger partial charge in [0.25, 0.3) is 0 Å². The summed E-state index contributed by atoms with van der Waals surface area (Å²) in [5.74, 6) is -1.17. The highest BCUT2D eigenvalue weighted by atomic mass is 32.2. The zero-order chi connectivity index (χ0) is 15.2. The summed E-state index contributed by atoms with van der Waals surface area (Å²) in [5.41, 5.74) is 0. The minimum atomic E-state index is -3.19. The van der Waals surface area contributed by atoms with Crippen LogP contribution in [0.25, 0.3) is 0 Å². The number of hydrogen-bond donors (Lipinski definition) is 3. The van der Waals surface area contributed by atoms with Crippen molar-refractivity contribution in [3.05, 3.63) is 0 Å². The summed E-state index contributed by atoms with van der Waals surface area (Å²) in [6, 6.07) is -0.229. The summed E-state index contributed by atoms with van der Waals surface area (Å²) in [7, 11) is -3.19. The van der Waals surface area contributed by atoms with Gasteiger partial charge in [0.2, 0.25) is 10.0 Å². The number of likely N-dealkylation sites (tertiary alicyclic amines) is 1. The number of sulfonamides is 1. The fourth-order valence-electron chi connectivity index (χ4n) is 1.98. The molecule has 2 amide bonds. The number of hydrogen-bond acceptors (Lipinski definition) is 4. The minimum absolute atomic E-state index is 0.229. The predicted molar refractivity (Wildman–Crippen MR) is 72.8 cm³/mol. The fourth-order valence-corrected chi connectivity index (χ4v) is 2.50. The Balaban J connectivity index is 2.16. The lowest BCUT2D eigenvalue weighted by Crippen LogP contribution is -2.46. The number of rotatable bonds is 6. The largest absolute Gasteiger partial charge is 0.481 e. The number of carbonyl (C=O) groups is 2. The third kappa shape index (κ3) is 6.20. The van der Waals surface area contributed by atoms with Crippen molar-refractivity contribution >= 4 is 22.0 Å². The van der Waals surface area contributed by atoms with Gasteiger partial charge in [0.15, 0.2) is 0 Å². The molecule has 0 atom stereocenters. The van der Waals surface area contributed by atoms with Gasteiger partial charge in [0.1, 0.15) is 0 Å². The van der Waals surface area contributed by atoms with Crippen molar-refractivity contribution in [1.82, 2.24) is 14.9 Å². The van der Waals surface area contributed by atoms with Crippen LogP contribution in [0, 0.1) is 5.92 Å². The summed E-state index contributed by atoms with van der Waals surface area (Å²) in [4.78, 5) is 24.1. The Bertz CT molecular complexity index is 443. The summed E-state index contributed by atoms with van der Waals surface area (Å²) in [5, 5.41) is 11.5. The summed E-state index contributed by atoms with van der Waals surface area (Å²) >= 11 is 0. The van der Waals surface area contributed by atoms with E-state index in [-0.39, 0.29) is 18.5 Å². The molecule has 0 aliphatic carbocycles. The molecule has 20 heavy (non-hydrogen) atoms. The molecular weight excluding hydrogens is 286 g/mol. The van der Waals surface area contributed by atoms with Crippen LogP contribution in [0.4, 0.5) is 4.79 Å². The number of carboxylic acid groups (broad SMARTS) is 1. The zero-order valence-electron chi connectivity index (χ0n) is 11.5. The predicted octanol–water partition coefficient (Wildman–Crippen LogP) is -0.568. The molecule has 0 aromatic carbocycles. The molecule has 1 aliphatic rings. The first-order valence-corrected chi connectivity index (χ1v) is 8.39. The zero-order valence-corrected chi connectivity index (χ0v) is 12.3. The van der Waals surface area contributed by atoms with Gasteiger partial charge in [-0.2, -0.15) is 0 Å². The Morgan fingerprint density at radius 1 is 1.25 bits per heavy atom. The first kappa shape index (κ1) is 16.7. The lowest BCUT2D eigenvalue weighted by molar-refractivity contribution is -0.143. The lowest BCUT2D eigenvalue weighted by atomic mass is 9.97. The van der Waals surface area contributed by atoms with Crippen molar-refractivity contribution in [2.75, 3.05) is 32.4 Å². The van der Waals surface area contributed by atoms with Gasteiger partial charge in [0.05, 0.1) is 12.2 Å². The summed E-state index contributed by atoms with van der Waals surface area (Å²) in [6.45, 7) is 1.52. The monoisotopic (exact) mass is 307 g/mol. The molecule has 1 heterocycles. The molecule has 1 aliphatic heterocycles. The SMILES string of the molecule is CS(=O)(=O)NCCCNC(=O)N1CCC(C(=O)O)CC1. The third-order valence-corrected chi connectivity index (χ3v) is 3.85. The molecule has 0 aromatic heterocycles. The molecule has 1 fully saturated rings. The van der Waals surface area contributed by atoms with Gasteiger partial charge in [-0.1, -0.05) is 0 Å². The second kappa shape index (κ2) is 7.44. The third-order valence-electron chi connectivity index (χ3n) is 3.13. The fraction of sp³-hybridized carbons (Fsp3) is 0.818. The van der Waals surface area contributed by atoms with E-state index in [0.29, 0.717) is 38.9 Å². The molecule has 0 unspecified atom stereocenters. The summed E-state index contributed by atoms with van der Waals surface area (Å²) < 4.78 is 23.9. The van der Waals surface area contributed by atoms with Gasteiger partial charge < -0.3 is 15.3 Å². The van der Waals surface area contributed by atoms with E-state index in [1.165, 1.54) is 0 Å². The average molecular weight is 307 g/mol. The van der Waals surface area contributed by atoms with Gasteiger partial charge in [0, 0.05) is 26.2 Å². The van der Waals surface area contributed by atoms with Crippen molar-refractivity contribution in [1.29, 1.82) is 0 Å². The Morgan fingerprint density at radius 2 is 1.85 bits per heavy atom. The Hall–Kier alpha value is -1.35. The lowest BCUT2D eigenvalue weighted by Gasteiger charge is -2.30. The van der Waals surface area contributed by atoms with Crippen molar-refractivity contribution in [2.45, 2.75) is 19.3 Å². The second-order valence-electron chi connectivity index (χ2n) is 4.85. The maximum atomic E-state index is 11.8. The number of amides is 2. The number of nitrogens with zero attached hydrogens (tertiary/aromatic N) is 1. The van der Waals surface area contributed by atoms with Crippen LogP contribution >= 0.6 is 0 Å². The van der Waals surface area contributed by atoms with Crippen LogP contribution in [-0.4, -0.2) is 62.9 Å². The van der Waals surface area contributed by atoms with E-state index in [0.717, 1.165) is 6.26 Å². The number of aliphatic carboxylic acids is 1. The van der Waals surface area contributed by atoms with E-state index in [9.17, 15) is 18.0 Å². The topological polar surface area (TPSA) is 116 Å². The van der Waals surface area contributed by atoms with Crippen molar-refractivity contribution in [3.8, 4) is 0 Å². The van der Waals surface area contributed by atoms with Crippen LogP contribution in [0.15, 0.2) is 0 Å². The van der Waals surface area contributed by atoms with Gasteiger partial charge in [-0.15, -0.1) is 0 Å². The molecular formula is C11H21N3O5S. The number of piperidine rings is 1. The quantitative estimate of drug-likeness (QED) is 0.568. The Morgan fingerprint density at radius 3 is 2.35 bits per heavy atom. The summed E-state index contributed by atoms with van der Waals surface area (Å²) in [6.07, 6.45) is 2.53. The molecule has 8 nitrogen and oxygen atoms in total. The molecule has 0 bridgehead atoms. The minimum Gasteiger partial charge on any atom is -0.481 e. The van der Waals surface area contributed by atoms with Gasteiger partial charge in [-0.05, 0) is 19.3 Å². The Kier molecular flexibility index (Phi) is 6.21. The van der Waals surface area contributed by atoms with E-state index in [1.807, 2.05) is 0 Å². The molecule has 0 aromatic rings. The Labute approximate surface area is 118 Å². The average Bonchev–Trinajstić information content (AvgIpc) is 2.37. The van der Waals surface area contributed by atoms with Gasteiger partial charge in [-0.3, -0.25) is 4.79 Å². The van der Waals surface area contributed by atoms with Gasteiger partial charge in [-0.25, -0.2) is 17.9 Å². The second-order valence-corrected chi connectivity index (χ2v) is 6.68. The molecule has 1 rings (SSSR count). The molecule has 1 saturated heterocycles. The van der Waals surface area contributed by atoms with Crippen molar-refractivity contribution in [3.63, 3.8) is 0 Å². The highest BCUT2D eigenvalue weighted by Gasteiger charge is 2.26. The van der Waals surface area contributed by atoms with E-state index in [2.05, 4.69) is 10.0 Å². The number of carbonyl (C=O) groups excluding carboxylic acids is 1. The van der Waals surface area contributed by atoms with Crippen LogP contribution in [-0.2, 0) is 14.8 Å². The normalized spacial score (nSPS) is 16.9. The molecule has 0 radical (unpaired) electrons. The number of nitrogens with one attached hydrogen (secondary N) is 2. The molecule has 116 valence electrons. The van der Waals surface area contributed by atoms with Crippen LogP contribution in [0.3, 0.4) is 0 Å². The van der Waals surface area contributed by atoms with E-state index in [1.54, 1.807) is 4.90 Å². The number of urea groups is 1. The first-order valence-electron chi connectivity index (χ1n) is 6.50.